The van der Waals surface area contributed by atoms with Crippen molar-refractivity contribution in [3.8, 4) is 0 Å². The van der Waals surface area contributed by atoms with Crippen LogP contribution in [0.1, 0.15) is 5.56 Å². The Morgan fingerprint density at radius 2 is 1.47 bits per heavy atom. The Morgan fingerprint density at radius 1 is 0.733 bits per heavy atom. The van der Waals surface area contributed by atoms with E-state index in [0.717, 1.165) is 5.69 Å². The average molecular weight is 195 g/mol. The lowest BCUT2D eigenvalue weighted by Gasteiger charge is -2.04. The highest BCUT2D eigenvalue weighted by atomic mass is 14.8. The van der Waals surface area contributed by atoms with Gasteiger partial charge in [0.1, 0.15) is 0 Å². The number of hydrogen-bond acceptors (Lipinski definition) is 1. The Labute approximate surface area is 90.1 Å². The number of rotatable bonds is 0. The molecule has 0 amide bonds. The van der Waals surface area contributed by atoms with Crippen LogP contribution in [-0.4, -0.2) is 0 Å². The zero-order valence-electron chi connectivity index (χ0n) is 8.43. The Morgan fingerprint density at radius 3 is 2.40 bits per heavy atom. The van der Waals surface area contributed by atoms with Crippen LogP contribution in [0.5, 0.6) is 0 Å². The number of allylic oxidation sites excluding steroid dienone is 6. The highest BCUT2D eigenvalue weighted by molar-refractivity contribution is 5.68. The Kier molecular flexibility index (Phi) is 3.18. The fourth-order valence-corrected chi connectivity index (χ4v) is 1.38. The van der Waals surface area contributed by atoms with Crippen molar-refractivity contribution in [3.05, 3.63) is 72.5 Å². The van der Waals surface area contributed by atoms with E-state index in [1.165, 1.54) is 5.56 Å². The molecule has 1 nitrogen and oxygen atoms in total. The number of benzene rings is 1. The maximum absolute atomic E-state index is 3.25. The Bertz CT molecular complexity index is 436. The topological polar surface area (TPSA) is 12.0 Å². The first-order valence-corrected chi connectivity index (χ1v) is 4.99. The summed E-state index contributed by atoms with van der Waals surface area (Å²) in [6, 6.07) is 8.22. The largest absolute Gasteiger partial charge is 0.361 e. The van der Waals surface area contributed by atoms with E-state index in [0.29, 0.717) is 0 Å². The van der Waals surface area contributed by atoms with Gasteiger partial charge in [0.2, 0.25) is 0 Å². The van der Waals surface area contributed by atoms with E-state index in [1.54, 1.807) is 0 Å². The second-order valence-corrected chi connectivity index (χ2v) is 3.22. The van der Waals surface area contributed by atoms with E-state index in [1.807, 2.05) is 54.8 Å². The van der Waals surface area contributed by atoms with Crippen molar-refractivity contribution in [3.63, 3.8) is 0 Å². The third-order valence-electron chi connectivity index (χ3n) is 2.13. The summed E-state index contributed by atoms with van der Waals surface area (Å²) in [7, 11) is 0. The van der Waals surface area contributed by atoms with E-state index in [4.69, 9.17) is 0 Å². The minimum atomic E-state index is 1.12. The molecular weight excluding hydrogens is 182 g/mol. The summed E-state index contributed by atoms with van der Waals surface area (Å²) in [4.78, 5) is 0. The molecule has 0 radical (unpaired) electrons. The third kappa shape index (κ3) is 2.71. The zero-order chi connectivity index (χ0) is 10.3. The molecule has 1 aromatic rings. The van der Waals surface area contributed by atoms with Gasteiger partial charge in [-0.2, -0.15) is 0 Å². The minimum absolute atomic E-state index is 1.12. The molecule has 0 aliphatic carbocycles. The molecule has 1 N–H and O–H groups in total. The van der Waals surface area contributed by atoms with Crippen molar-refractivity contribution in [2.45, 2.75) is 0 Å². The second kappa shape index (κ2) is 5.01. The predicted molar refractivity (Wildman–Crippen MR) is 66.5 cm³/mol. The maximum atomic E-state index is 3.25. The molecule has 1 heteroatoms. The second-order valence-electron chi connectivity index (χ2n) is 3.22. The van der Waals surface area contributed by atoms with Gasteiger partial charge in [-0.15, -0.1) is 0 Å². The molecule has 0 atom stereocenters. The SMILES string of the molecule is C1=C/C=C/C=C\c2ccccc2NC=C1. The van der Waals surface area contributed by atoms with Crippen LogP contribution in [0, 0.1) is 0 Å². The average Bonchev–Trinajstić information content (AvgIpc) is 2.32. The van der Waals surface area contributed by atoms with Crippen LogP contribution < -0.4 is 5.32 Å². The van der Waals surface area contributed by atoms with Gasteiger partial charge in [0.25, 0.3) is 0 Å². The smallest absolute Gasteiger partial charge is 0.0453 e. The summed E-state index contributed by atoms with van der Waals surface area (Å²) >= 11 is 0. The van der Waals surface area contributed by atoms with Gasteiger partial charge >= 0.3 is 0 Å². The molecule has 1 aliphatic rings. The summed E-state index contributed by atoms with van der Waals surface area (Å²) in [6.07, 6.45) is 16.1. The highest BCUT2D eigenvalue weighted by Crippen LogP contribution is 2.16. The van der Waals surface area contributed by atoms with Crippen LogP contribution in [0.2, 0.25) is 0 Å². The number of hydrogen-bond donors (Lipinski definition) is 1. The van der Waals surface area contributed by atoms with Gasteiger partial charge in [0.05, 0.1) is 0 Å². The monoisotopic (exact) mass is 195 g/mol. The molecule has 15 heavy (non-hydrogen) atoms. The van der Waals surface area contributed by atoms with Gasteiger partial charge in [0, 0.05) is 11.9 Å². The predicted octanol–water partition coefficient (Wildman–Crippen LogP) is 3.75. The summed E-state index contributed by atoms with van der Waals surface area (Å²) in [5.41, 5.74) is 2.31. The van der Waals surface area contributed by atoms with E-state index < -0.39 is 0 Å². The quantitative estimate of drug-likeness (QED) is 0.664. The summed E-state index contributed by atoms with van der Waals surface area (Å²) in [6.45, 7) is 0. The van der Waals surface area contributed by atoms with Gasteiger partial charge in [-0.3, -0.25) is 0 Å². The van der Waals surface area contributed by atoms with Crippen LogP contribution in [-0.2, 0) is 0 Å². The van der Waals surface area contributed by atoms with E-state index in [2.05, 4.69) is 23.5 Å². The highest BCUT2D eigenvalue weighted by Gasteiger charge is 1.94. The first-order chi connectivity index (χ1) is 7.47. The molecule has 0 bridgehead atoms. The molecule has 1 heterocycles. The van der Waals surface area contributed by atoms with Crippen LogP contribution in [0.15, 0.2) is 66.9 Å². The molecule has 0 unspecified atom stereocenters. The van der Waals surface area contributed by atoms with Crippen molar-refractivity contribution >= 4 is 11.8 Å². The molecule has 0 saturated carbocycles. The number of anilines is 1. The van der Waals surface area contributed by atoms with Crippen LogP contribution >= 0.6 is 0 Å². The zero-order valence-corrected chi connectivity index (χ0v) is 8.43. The van der Waals surface area contributed by atoms with Gasteiger partial charge in [0.15, 0.2) is 0 Å². The van der Waals surface area contributed by atoms with Crippen LogP contribution in [0.25, 0.3) is 6.08 Å². The lowest BCUT2D eigenvalue weighted by atomic mass is 10.1. The maximum Gasteiger partial charge on any atom is 0.0453 e. The standard InChI is InChI=1S/C14H13N/c1-2-4-8-12-15-14-11-7-6-10-13(14)9-5-3-1/h1-12,15H/b3-1+,4-2?,9-5-,12-8?. The fourth-order valence-electron chi connectivity index (χ4n) is 1.38. The number of fused-ring (bicyclic) bond motifs is 1. The van der Waals surface area contributed by atoms with Crippen LogP contribution in [0.3, 0.4) is 0 Å². The first-order valence-electron chi connectivity index (χ1n) is 4.99. The summed E-state index contributed by atoms with van der Waals surface area (Å²) in [5, 5.41) is 3.25. The third-order valence-corrected chi connectivity index (χ3v) is 2.13. The van der Waals surface area contributed by atoms with Crippen molar-refractivity contribution < 1.29 is 0 Å². The van der Waals surface area contributed by atoms with Crippen molar-refractivity contribution in [1.82, 2.24) is 0 Å². The van der Waals surface area contributed by atoms with Crippen molar-refractivity contribution in [2.75, 3.05) is 5.32 Å². The summed E-state index contributed by atoms with van der Waals surface area (Å²) < 4.78 is 0. The van der Waals surface area contributed by atoms with E-state index in [-0.39, 0.29) is 0 Å². The molecule has 0 saturated heterocycles. The van der Waals surface area contributed by atoms with Gasteiger partial charge < -0.3 is 5.32 Å². The molecular formula is C14H13N. The normalized spacial score (nSPS) is 18.4. The van der Waals surface area contributed by atoms with Gasteiger partial charge in [-0.25, -0.2) is 0 Å². The first kappa shape index (κ1) is 9.53. The Hall–Kier alpha value is -2.02. The Balaban J connectivity index is 2.36. The van der Waals surface area contributed by atoms with Crippen molar-refractivity contribution in [1.29, 1.82) is 0 Å². The molecule has 0 aromatic heterocycles. The minimum Gasteiger partial charge on any atom is -0.361 e. The number of para-hydroxylation sites is 1. The molecule has 1 aliphatic heterocycles. The fraction of sp³-hybridized carbons (Fsp3) is 0. The van der Waals surface area contributed by atoms with Gasteiger partial charge in [-0.05, 0) is 17.7 Å². The molecule has 0 fully saturated rings. The molecule has 0 spiro atoms. The lowest BCUT2D eigenvalue weighted by molar-refractivity contribution is 1.55. The molecule has 1 aromatic carbocycles. The molecule has 74 valence electrons. The van der Waals surface area contributed by atoms with Crippen molar-refractivity contribution in [2.24, 2.45) is 0 Å². The van der Waals surface area contributed by atoms with Gasteiger partial charge in [-0.1, -0.05) is 54.7 Å². The lowest BCUT2D eigenvalue weighted by Crippen LogP contribution is -1.89. The van der Waals surface area contributed by atoms with E-state index >= 15 is 0 Å². The number of nitrogens with one attached hydrogen (secondary N) is 1. The molecule has 2 rings (SSSR count). The summed E-state index contributed by atoms with van der Waals surface area (Å²) in [5.74, 6) is 0. The van der Waals surface area contributed by atoms with E-state index in [9.17, 15) is 0 Å². The van der Waals surface area contributed by atoms with Crippen LogP contribution in [0.4, 0.5) is 5.69 Å².